The highest BCUT2D eigenvalue weighted by molar-refractivity contribution is 7.22. The molecule has 0 amide bonds. The quantitative estimate of drug-likeness (QED) is 0.234. The van der Waals surface area contributed by atoms with Crippen LogP contribution in [-0.2, 0) is 0 Å². The highest BCUT2D eigenvalue weighted by Gasteiger charge is 2.10. The summed E-state index contributed by atoms with van der Waals surface area (Å²) < 4.78 is 2.69. The van der Waals surface area contributed by atoms with E-state index in [-0.39, 0.29) is 0 Å². The van der Waals surface area contributed by atoms with Gasteiger partial charge in [-0.3, -0.25) is 0 Å². The van der Waals surface area contributed by atoms with Gasteiger partial charge in [-0.1, -0.05) is 72.8 Å². The number of benzene rings is 5. The van der Waals surface area contributed by atoms with Crippen LogP contribution in [0.3, 0.4) is 0 Å². The van der Waals surface area contributed by atoms with Crippen LogP contribution in [0.2, 0.25) is 0 Å². The zero-order chi connectivity index (χ0) is 21.1. The van der Waals surface area contributed by atoms with Crippen LogP contribution < -0.4 is 0 Å². The van der Waals surface area contributed by atoms with Crippen molar-refractivity contribution in [1.29, 1.82) is 0 Å². The molecular weight excluding hydrogens is 424 g/mol. The van der Waals surface area contributed by atoms with Crippen molar-refractivity contribution in [3.63, 3.8) is 0 Å². The smallest absolute Gasteiger partial charge is 0.0355 e. The zero-order valence-corrected chi connectivity index (χ0v) is 18.8. The van der Waals surface area contributed by atoms with Gasteiger partial charge in [0.25, 0.3) is 0 Å². The SMILES string of the molecule is c1ccc(-c2cc3cc4ccc5cc6cc(-c7ccccc7)sc6cc5c4cc3s2)cc1. The first kappa shape index (κ1) is 18.1. The molecule has 5 aromatic carbocycles. The summed E-state index contributed by atoms with van der Waals surface area (Å²) in [6, 6.07) is 40.0. The molecule has 0 radical (unpaired) electrons. The summed E-state index contributed by atoms with van der Waals surface area (Å²) in [5.74, 6) is 0. The van der Waals surface area contributed by atoms with Gasteiger partial charge in [-0.05, 0) is 79.8 Å². The summed E-state index contributed by atoms with van der Waals surface area (Å²) in [5.41, 5.74) is 2.58. The lowest BCUT2D eigenvalue weighted by Gasteiger charge is -2.05. The third kappa shape index (κ3) is 2.88. The van der Waals surface area contributed by atoms with Crippen LogP contribution in [0.4, 0.5) is 0 Å². The van der Waals surface area contributed by atoms with Crippen molar-refractivity contribution >= 4 is 64.4 Å². The van der Waals surface area contributed by atoms with Crippen molar-refractivity contribution in [2.24, 2.45) is 0 Å². The molecule has 0 nitrogen and oxygen atoms in total. The first-order chi connectivity index (χ1) is 15.8. The summed E-state index contributed by atoms with van der Waals surface area (Å²) in [5, 5.41) is 7.94. The Morgan fingerprint density at radius 3 is 1.25 bits per heavy atom. The minimum atomic E-state index is 1.29. The third-order valence-corrected chi connectivity index (χ3v) is 8.52. The van der Waals surface area contributed by atoms with Crippen LogP contribution in [0.15, 0.2) is 109 Å². The van der Waals surface area contributed by atoms with Gasteiger partial charge < -0.3 is 0 Å². The first-order valence-corrected chi connectivity index (χ1v) is 12.4. The first-order valence-electron chi connectivity index (χ1n) is 10.8. The van der Waals surface area contributed by atoms with Crippen molar-refractivity contribution in [2.45, 2.75) is 0 Å². The minimum Gasteiger partial charge on any atom is -0.135 e. The predicted octanol–water partition coefficient (Wildman–Crippen LogP) is 9.76. The number of hydrogen-bond donors (Lipinski definition) is 0. The molecule has 0 aliphatic rings. The third-order valence-electron chi connectivity index (χ3n) is 6.23. The van der Waals surface area contributed by atoms with Crippen LogP contribution in [0.5, 0.6) is 0 Å². The molecule has 0 N–H and O–H groups in total. The molecule has 0 atom stereocenters. The van der Waals surface area contributed by atoms with E-state index in [9.17, 15) is 0 Å². The zero-order valence-electron chi connectivity index (χ0n) is 17.2. The molecule has 0 unspecified atom stereocenters. The van der Waals surface area contributed by atoms with Gasteiger partial charge >= 0.3 is 0 Å². The summed E-state index contributed by atoms with van der Waals surface area (Å²) in [6.45, 7) is 0. The van der Waals surface area contributed by atoms with Crippen molar-refractivity contribution in [3.05, 3.63) is 109 Å². The lowest BCUT2D eigenvalue weighted by molar-refractivity contribution is 1.70. The Labute approximate surface area is 194 Å². The Hall–Kier alpha value is -3.46. The molecule has 32 heavy (non-hydrogen) atoms. The largest absolute Gasteiger partial charge is 0.135 e. The average molecular weight is 443 g/mol. The van der Waals surface area contributed by atoms with E-state index in [4.69, 9.17) is 0 Å². The summed E-state index contributed by atoms with van der Waals surface area (Å²) in [7, 11) is 0. The fourth-order valence-electron chi connectivity index (χ4n) is 4.62. The van der Waals surface area contributed by atoms with Gasteiger partial charge in [0.2, 0.25) is 0 Å². The second-order valence-electron chi connectivity index (χ2n) is 8.24. The normalized spacial score (nSPS) is 11.8. The molecule has 2 heterocycles. The van der Waals surface area contributed by atoms with E-state index >= 15 is 0 Å². The van der Waals surface area contributed by atoms with E-state index in [1.54, 1.807) is 0 Å². The van der Waals surface area contributed by atoms with Gasteiger partial charge in [-0.25, -0.2) is 0 Å². The molecule has 0 saturated carbocycles. The topological polar surface area (TPSA) is 0 Å². The van der Waals surface area contributed by atoms with Crippen LogP contribution >= 0.6 is 22.7 Å². The summed E-state index contributed by atoms with van der Waals surface area (Å²) >= 11 is 3.76. The molecule has 0 aliphatic heterocycles. The molecule has 2 heteroatoms. The van der Waals surface area contributed by atoms with Crippen molar-refractivity contribution in [1.82, 2.24) is 0 Å². The Kier molecular flexibility index (Phi) is 3.98. The molecule has 0 bridgehead atoms. The van der Waals surface area contributed by atoms with Gasteiger partial charge in [0.15, 0.2) is 0 Å². The lowest BCUT2D eigenvalue weighted by Crippen LogP contribution is -1.78. The fourth-order valence-corrected chi connectivity index (χ4v) is 6.80. The molecule has 2 aromatic heterocycles. The predicted molar refractivity (Wildman–Crippen MR) is 143 cm³/mol. The van der Waals surface area contributed by atoms with Crippen molar-refractivity contribution in [3.8, 4) is 20.9 Å². The number of hydrogen-bond acceptors (Lipinski definition) is 2. The Bertz CT molecular complexity index is 1620. The molecule has 0 fully saturated rings. The molecule has 0 saturated heterocycles. The van der Waals surface area contributed by atoms with E-state index in [0.29, 0.717) is 0 Å². The molecule has 150 valence electrons. The Morgan fingerprint density at radius 1 is 0.375 bits per heavy atom. The lowest BCUT2D eigenvalue weighted by atomic mass is 9.99. The van der Waals surface area contributed by atoms with E-state index in [1.165, 1.54) is 62.6 Å². The maximum absolute atomic E-state index is 2.39. The van der Waals surface area contributed by atoms with Gasteiger partial charge in [0.1, 0.15) is 0 Å². The maximum Gasteiger partial charge on any atom is 0.0355 e. The summed E-state index contributed by atoms with van der Waals surface area (Å²) in [4.78, 5) is 2.65. The standard InChI is InChI=1S/C30H18S2/c1-3-7-19(8-4-1)27-15-23-13-21-11-12-22-14-24-16-28(20-9-5-2-6-10-20)32-30(24)18-26(22)25(21)17-29(23)31-27/h1-18H. The van der Waals surface area contributed by atoms with Crippen LogP contribution in [-0.4, -0.2) is 0 Å². The Morgan fingerprint density at radius 2 is 0.812 bits per heavy atom. The van der Waals surface area contributed by atoms with Crippen LogP contribution in [0.25, 0.3) is 62.6 Å². The van der Waals surface area contributed by atoms with E-state index in [2.05, 4.69) is 109 Å². The number of rotatable bonds is 2. The van der Waals surface area contributed by atoms with Gasteiger partial charge in [-0.2, -0.15) is 0 Å². The maximum atomic E-state index is 2.39. The summed E-state index contributed by atoms with van der Waals surface area (Å²) in [6.07, 6.45) is 0. The number of thiophene rings is 2. The van der Waals surface area contributed by atoms with Gasteiger partial charge in [0, 0.05) is 19.2 Å². The van der Waals surface area contributed by atoms with Crippen molar-refractivity contribution in [2.75, 3.05) is 0 Å². The average Bonchev–Trinajstić information content (AvgIpc) is 3.46. The fraction of sp³-hybridized carbons (Fsp3) is 0. The van der Waals surface area contributed by atoms with Crippen LogP contribution in [0, 0.1) is 0 Å². The van der Waals surface area contributed by atoms with Gasteiger partial charge in [-0.15, -0.1) is 22.7 Å². The van der Waals surface area contributed by atoms with E-state index < -0.39 is 0 Å². The van der Waals surface area contributed by atoms with Crippen molar-refractivity contribution < 1.29 is 0 Å². The molecule has 0 spiro atoms. The van der Waals surface area contributed by atoms with Gasteiger partial charge in [0.05, 0.1) is 0 Å². The van der Waals surface area contributed by atoms with E-state index in [1.807, 2.05) is 22.7 Å². The van der Waals surface area contributed by atoms with E-state index in [0.717, 1.165) is 0 Å². The molecular formula is C30H18S2. The van der Waals surface area contributed by atoms with Crippen LogP contribution in [0.1, 0.15) is 0 Å². The molecule has 7 aromatic rings. The highest BCUT2D eigenvalue weighted by Crippen LogP contribution is 2.40. The second-order valence-corrected chi connectivity index (χ2v) is 10.4. The highest BCUT2D eigenvalue weighted by atomic mass is 32.1. The number of fused-ring (bicyclic) bond motifs is 5. The monoisotopic (exact) mass is 442 g/mol. The molecule has 7 rings (SSSR count). The minimum absolute atomic E-state index is 1.29. The molecule has 0 aliphatic carbocycles. The Balaban J connectivity index is 1.45. The second kappa shape index (κ2) is 7.03.